The van der Waals surface area contributed by atoms with E-state index in [4.69, 9.17) is 19.6 Å². The summed E-state index contributed by atoms with van der Waals surface area (Å²) in [6, 6.07) is 4.97. The molecule has 0 fully saturated rings. The van der Waals surface area contributed by atoms with Gasteiger partial charge in [-0.3, -0.25) is 10.2 Å². The molecule has 0 aliphatic heterocycles. The molecule has 0 heterocycles. The highest BCUT2D eigenvalue weighted by molar-refractivity contribution is 6.43. The summed E-state index contributed by atoms with van der Waals surface area (Å²) in [5.41, 5.74) is 0.205. The lowest BCUT2D eigenvalue weighted by molar-refractivity contribution is 0.102. The fourth-order valence-electron chi connectivity index (χ4n) is 1.40. The van der Waals surface area contributed by atoms with Crippen molar-refractivity contribution < 1.29 is 19.0 Å². The van der Waals surface area contributed by atoms with Crippen LogP contribution in [0.1, 0.15) is 17.3 Å². The van der Waals surface area contributed by atoms with Gasteiger partial charge in [0.05, 0.1) is 20.8 Å². The predicted octanol–water partition coefficient (Wildman–Crippen LogP) is 1.90. The molecule has 0 radical (unpaired) electrons. The van der Waals surface area contributed by atoms with Crippen LogP contribution in [0.2, 0.25) is 0 Å². The van der Waals surface area contributed by atoms with Crippen LogP contribution in [0.25, 0.3) is 0 Å². The Morgan fingerprint density at radius 1 is 1.24 bits per heavy atom. The predicted molar refractivity (Wildman–Crippen MR) is 63.2 cm³/mol. The van der Waals surface area contributed by atoms with E-state index in [1.807, 2.05) is 0 Å². The molecule has 17 heavy (non-hydrogen) atoms. The smallest absolute Gasteiger partial charge is 0.255 e. The lowest BCUT2D eigenvalue weighted by Crippen LogP contribution is -2.18. The summed E-state index contributed by atoms with van der Waals surface area (Å²) in [7, 11) is 2.91. The van der Waals surface area contributed by atoms with E-state index in [0.717, 1.165) is 0 Å². The number of rotatable bonds is 5. The molecule has 1 rings (SSSR count). The molecule has 0 saturated heterocycles. The monoisotopic (exact) mass is 237 g/mol. The summed E-state index contributed by atoms with van der Waals surface area (Å²) in [5, 5.41) is 7.49. The first-order valence-corrected chi connectivity index (χ1v) is 5.12. The van der Waals surface area contributed by atoms with Crippen molar-refractivity contribution in [1.82, 2.24) is 0 Å². The SMILES string of the molecule is CCOC(=N)C(=O)c1c(OC)cccc1OC. The molecule has 92 valence electrons. The number of ether oxygens (including phenoxy) is 3. The lowest BCUT2D eigenvalue weighted by Gasteiger charge is -2.12. The van der Waals surface area contributed by atoms with Crippen molar-refractivity contribution in [2.24, 2.45) is 0 Å². The Morgan fingerprint density at radius 3 is 2.18 bits per heavy atom. The number of ketones is 1. The zero-order valence-electron chi connectivity index (χ0n) is 10.1. The second kappa shape index (κ2) is 5.89. The topological polar surface area (TPSA) is 68.6 Å². The molecular formula is C12H15NO4. The Balaban J connectivity index is 3.18. The highest BCUT2D eigenvalue weighted by Crippen LogP contribution is 2.28. The minimum Gasteiger partial charge on any atom is -0.496 e. The van der Waals surface area contributed by atoms with E-state index in [2.05, 4.69) is 0 Å². The van der Waals surface area contributed by atoms with Crippen LogP contribution >= 0.6 is 0 Å². The molecule has 0 atom stereocenters. The third-order valence-electron chi connectivity index (χ3n) is 2.15. The molecule has 0 spiro atoms. The molecule has 0 aliphatic carbocycles. The molecule has 0 unspecified atom stereocenters. The molecule has 0 aromatic heterocycles. The Kier molecular flexibility index (Phi) is 4.51. The van der Waals surface area contributed by atoms with Gasteiger partial charge < -0.3 is 14.2 Å². The first-order chi connectivity index (χ1) is 8.15. The van der Waals surface area contributed by atoms with E-state index in [1.54, 1.807) is 25.1 Å². The van der Waals surface area contributed by atoms with Gasteiger partial charge in [0.2, 0.25) is 0 Å². The van der Waals surface area contributed by atoms with Crippen molar-refractivity contribution in [2.45, 2.75) is 6.92 Å². The van der Waals surface area contributed by atoms with Crippen molar-refractivity contribution >= 4 is 11.7 Å². The number of hydrogen-bond donors (Lipinski definition) is 1. The molecule has 5 nitrogen and oxygen atoms in total. The molecule has 1 N–H and O–H groups in total. The maximum atomic E-state index is 12.0. The zero-order valence-corrected chi connectivity index (χ0v) is 10.1. The fraction of sp³-hybridized carbons (Fsp3) is 0.333. The molecular weight excluding hydrogens is 222 g/mol. The summed E-state index contributed by atoms with van der Waals surface area (Å²) in [6.45, 7) is 1.98. The molecule has 1 aromatic rings. The zero-order chi connectivity index (χ0) is 12.8. The maximum absolute atomic E-state index is 12.0. The average Bonchev–Trinajstić information content (AvgIpc) is 2.37. The summed E-state index contributed by atoms with van der Waals surface area (Å²) in [5.74, 6) is -0.256. The summed E-state index contributed by atoms with van der Waals surface area (Å²) in [4.78, 5) is 12.0. The van der Waals surface area contributed by atoms with Crippen molar-refractivity contribution in [2.75, 3.05) is 20.8 Å². The molecule has 0 aliphatic rings. The van der Waals surface area contributed by atoms with Gasteiger partial charge in [-0.25, -0.2) is 0 Å². The van der Waals surface area contributed by atoms with Gasteiger partial charge in [0.15, 0.2) is 0 Å². The summed E-state index contributed by atoms with van der Waals surface area (Å²) >= 11 is 0. The number of benzene rings is 1. The fourth-order valence-corrected chi connectivity index (χ4v) is 1.40. The van der Waals surface area contributed by atoms with Crippen LogP contribution in [0.3, 0.4) is 0 Å². The minimum absolute atomic E-state index is 0.205. The second-order valence-electron chi connectivity index (χ2n) is 3.13. The van der Waals surface area contributed by atoms with Gasteiger partial charge in [-0.05, 0) is 19.1 Å². The van der Waals surface area contributed by atoms with Crippen molar-refractivity contribution in [3.05, 3.63) is 23.8 Å². The standard InChI is InChI=1S/C12H15NO4/c1-4-17-12(13)11(14)10-8(15-2)6-5-7-9(10)16-3/h5-7,13H,4H2,1-3H3. The van der Waals surface area contributed by atoms with E-state index in [1.165, 1.54) is 14.2 Å². The van der Waals surface area contributed by atoms with Crippen molar-refractivity contribution in [3.63, 3.8) is 0 Å². The Morgan fingerprint density at radius 2 is 1.76 bits per heavy atom. The molecule has 5 heteroatoms. The summed E-state index contributed by atoms with van der Waals surface area (Å²) < 4.78 is 15.0. The van der Waals surface area contributed by atoms with Gasteiger partial charge in [-0.15, -0.1) is 0 Å². The van der Waals surface area contributed by atoms with E-state index < -0.39 is 11.7 Å². The maximum Gasteiger partial charge on any atom is 0.255 e. The highest BCUT2D eigenvalue weighted by Gasteiger charge is 2.22. The average molecular weight is 237 g/mol. The third-order valence-corrected chi connectivity index (χ3v) is 2.15. The van der Waals surface area contributed by atoms with Gasteiger partial charge in [-0.1, -0.05) is 6.07 Å². The Labute approximate surface area is 99.8 Å². The van der Waals surface area contributed by atoms with Crippen molar-refractivity contribution in [3.8, 4) is 11.5 Å². The van der Waals surface area contributed by atoms with Crippen LogP contribution in [0, 0.1) is 5.41 Å². The molecule has 0 saturated carbocycles. The lowest BCUT2D eigenvalue weighted by atomic mass is 10.1. The molecule has 0 amide bonds. The van der Waals surface area contributed by atoms with Gasteiger partial charge >= 0.3 is 0 Å². The Hall–Kier alpha value is -2.04. The van der Waals surface area contributed by atoms with Crippen molar-refractivity contribution in [1.29, 1.82) is 5.41 Å². The van der Waals surface area contributed by atoms with Crippen LogP contribution in [0.4, 0.5) is 0 Å². The number of carbonyl (C=O) groups is 1. The molecule has 1 aromatic carbocycles. The number of methoxy groups -OCH3 is 2. The van der Waals surface area contributed by atoms with E-state index in [9.17, 15) is 4.79 Å². The molecule has 0 bridgehead atoms. The van der Waals surface area contributed by atoms with Crippen LogP contribution in [-0.2, 0) is 4.74 Å². The number of hydrogen-bond acceptors (Lipinski definition) is 5. The number of carbonyl (C=O) groups excluding carboxylic acids is 1. The minimum atomic E-state index is -0.554. The van der Waals surface area contributed by atoms with Gasteiger partial charge in [0, 0.05) is 0 Å². The van der Waals surface area contributed by atoms with Gasteiger partial charge in [0.1, 0.15) is 17.1 Å². The van der Waals surface area contributed by atoms with Gasteiger partial charge in [0.25, 0.3) is 11.7 Å². The normalized spacial score (nSPS) is 9.59. The van der Waals surface area contributed by atoms with Crippen LogP contribution < -0.4 is 9.47 Å². The quantitative estimate of drug-likeness (QED) is 0.482. The largest absolute Gasteiger partial charge is 0.496 e. The Bertz CT molecular complexity index is 406. The van der Waals surface area contributed by atoms with Crippen LogP contribution in [-0.4, -0.2) is 32.5 Å². The number of Topliss-reactive ketones (excluding diaryl/α,β-unsaturated/α-hetero) is 1. The van der Waals surface area contributed by atoms with Gasteiger partial charge in [-0.2, -0.15) is 0 Å². The van der Waals surface area contributed by atoms with E-state index >= 15 is 0 Å². The first-order valence-electron chi connectivity index (χ1n) is 5.12. The third kappa shape index (κ3) is 2.75. The number of nitrogens with one attached hydrogen (secondary N) is 1. The summed E-state index contributed by atoms with van der Waals surface area (Å²) in [6.07, 6.45) is 0. The first kappa shape index (κ1) is 13.0. The van der Waals surface area contributed by atoms with Crippen LogP contribution in [0.5, 0.6) is 11.5 Å². The second-order valence-corrected chi connectivity index (χ2v) is 3.13. The highest BCUT2D eigenvalue weighted by atomic mass is 16.5. The van der Waals surface area contributed by atoms with E-state index in [-0.39, 0.29) is 12.2 Å². The van der Waals surface area contributed by atoms with E-state index in [0.29, 0.717) is 11.5 Å². The van der Waals surface area contributed by atoms with Crippen LogP contribution in [0.15, 0.2) is 18.2 Å².